The fourth-order valence-corrected chi connectivity index (χ4v) is 3.90. The van der Waals surface area contributed by atoms with Crippen LogP contribution >= 0.6 is 50.7 Å². The van der Waals surface area contributed by atoms with E-state index in [1.54, 1.807) is 13.0 Å². The molecule has 0 aliphatic carbocycles. The van der Waals surface area contributed by atoms with Gasteiger partial charge in [0.15, 0.2) is 0 Å². The van der Waals surface area contributed by atoms with Gasteiger partial charge in [0.05, 0.1) is 15.7 Å². The van der Waals surface area contributed by atoms with Crippen molar-refractivity contribution in [2.45, 2.75) is 6.92 Å². The first-order valence-electron chi connectivity index (χ1n) is 7.72. The molecule has 1 N–H and O–H groups in total. The zero-order chi connectivity index (χ0) is 20.7. The number of halogens is 5. The highest BCUT2D eigenvalue weighted by molar-refractivity contribution is 9.10. The molecular formula is C19H10BrCl3FNO3. The molecule has 9 heteroatoms. The van der Waals surface area contributed by atoms with Gasteiger partial charge in [-0.1, -0.05) is 40.9 Å². The van der Waals surface area contributed by atoms with Crippen LogP contribution in [-0.4, -0.2) is 15.6 Å². The van der Waals surface area contributed by atoms with Crippen LogP contribution in [-0.2, 0) is 0 Å². The first kappa shape index (κ1) is 20.9. The molecule has 0 fully saturated rings. The Bertz CT molecular complexity index is 1190. The minimum atomic E-state index is -1.46. The molecule has 0 unspecified atom stereocenters. The van der Waals surface area contributed by atoms with Crippen molar-refractivity contribution in [2.75, 3.05) is 0 Å². The van der Waals surface area contributed by atoms with E-state index < -0.39 is 22.9 Å². The minimum absolute atomic E-state index is 0.115. The minimum Gasteiger partial charge on any atom is -0.477 e. The SMILES string of the molecule is Cc1c(Br)c(-c2ccc(Cl)c(Cl)c2)c(C(=O)O)c(=O)n1-c1ccc(Cl)cc1F. The molecule has 4 nitrogen and oxygen atoms in total. The summed E-state index contributed by atoms with van der Waals surface area (Å²) in [5, 5.41) is 10.4. The van der Waals surface area contributed by atoms with E-state index in [4.69, 9.17) is 34.8 Å². The van der Waals surface area contributed by atoms with Gasteiger partial charge in [0.25, 0.3) is 5.56 Å². The summed E-state index contributed by atoms with van der Waals surface area (Å²) in [6.45, 7) is 1.56. The van der Waals surface area contributed by atoms with E-state index in [0.29, 0.717) is 15.7 Å². The summed E-state index contributed by atoms with van der Waals surface area (Å²) in [5.74, 6) is -2.22. The predicted octanol–water partition coefficient (Wildman–Crippen LogP) is 6.37. The number of hydrogen-bond donors (Lipinski definition) is 1. The first-order chi connectivity index (χ1) is 13.1. The number of aromatic nitrogens is 1. The van der Waals surface area contributed by atoms with Crippen LogP contribution in [0, 0.1) is 12.7 Å². The van der Waals surface area contributed by atoms with Crippen LogP contribution in [0.2, 0.25) is 15.1 Å². The fourth-order valence-electron chi connectivity index (χ4n) is 2.83. The molecule has 0 spiro atoms. The summed E-state index contributed by atoms with van der Waals surface area (Å²) in [6.07, 6.45) is 0. The first-order valence-corrected chi connectivity index (χ1v) is 9.65. The van der Waals surface area contributed by atoms with Gasteiger partial charge in [0.1, 0.15) is 11.4 Å². The monoisotopic (exact) mass is 503 g/mol. The number of pyridine rings is 1. The number of hydrogen-bond acceptors (Lipinski definition) is 2. The van der Waals surface area contributed by atoms with Gasteiger partial charge in [0, 0.05) is 20.8 Å². The molecule has 1 aromatic heterocycles. The normalized spacial score (nSPS) is 10.9. The third kappa shape index (κ3) is 3.57. The highest BCUT2D eigenvalue weighted by Crippen LogP contribution is 2.36. The van der Waals surface area contributed by atoms with E-state index in [0.717, 1.165) is 10.6 Å². The zero-order valence-corrected chi connectivity index (χ0v) is 17.9. The molecule has 0 saturated carbocycles. The Morgan fingerprint density at radius 1 is 1.11 bits per heavy atom. The lowest BCUT2D eigenvalue weighted by molar-refractivity contribution is 0.0695. The second-order valence-corrected chi connectivity index (χ2v) is 7.86. The molecule has 0 saturated heterocycles. The average Bonchev–Trinajstić information content (AvgIpc) is 2.62. The summed E-state index contributed by atoms with van der Waals surface area (Å²) < 4.78 is 15.7. The number of benzene rings is 2. The Hall–Kier alpha value is -1.86. The van der Waals surface area contributed by atoms with Gasteiger partial charge in [0.2, 0.25) is 0 Å². The van der Waals surface area contributed by atoms with Crippen LogP contribution in [0.25, 0.3) is 16.8 Å². The molecule has 0 radical (unpaired) electrons. The van der Waals surface area contributed by atoms with Gasteiger partial charge in [-0.25, -0.2) is 9.18 Å². The molecule has 3 rings (SSSR count). The van der Waals surface area contributed by atoms with E-state index >= 15 is 0 Å². The number of rotatable bonds is 3. The highest BCUT2D eigenvalue weighted by atomic mass is 79.9. The molecule has 3 aromatic rings. The quantitative estimate of drug-likeness (QED) is 0.450. The van der Waals surface area contributed by atoms with Gasteiger partial charge in [-0.05, 0) is 58.7 Å². The smallest absolute Gasteiger partial charge is 0.342 e. The zero-order valence-electron chi connectivity index (χ0n) is 14.1. The molecule has 0 aliphatic rings. The molecule has 0 bridgehead atoms. The molecule has 28 heavy (non-hydrogen) atoms. The molecule has 144 valence electrons. The Morgan fingerprint density at radius 2 is 1.79 bits per heavy atom. The van der Waals surface area contributed by atoms with Gasteiger partial charge in [-0.15, -0.1) is 0 Å². The van der Waals surface area contributed by atoms with Gasteiger partial charge < -0.3 is 5.11 Å². The van der Waals surface area contributed by atoms with Gasteiger partial charge in [-0.3, -0.25) is 9.36 Å². The van der Waals surface area contributed by atoms with Crippen LogP contribution < -0.4 is 5.56 Å². The van der Waals surface area contributed by atoms with Gasteiger partial charge in [-0.2, -0.15) is 0 Å². The highest BCUT2D eigenvalue weighted by Gasteiger charge is 2.26. The second kappa shape index (κ2) is 7.87. The van der Waals surface area contributed by atoms with Crippen molar-refractivity contribution in [3.63, 3.8) is 0 Å². The second-order valence-electron chi connectivity index (χ2n) is 5.82. The summed E-state index contributed by atoms with van der Waals surface area (Å²) in [4.78, 5) is 25.0. The summed E-state index contributed by atoms with van der Waals surface area (Å²) in [6, 6.07) is 8.27. The maximum Gasteiger partial charge on any atom is 0.342 e. The molecule has 0 aliphatic heterocycles. The maximum atomic E-state index is 14.4. The van der Waals surface area contributed by atoms with E-state index in [9.17, 15) is 19.1 Å². The Labute approximate surface area is 182 Å². The topological polar surface area (TPSA) is 59.3 Å². The molecule has 2 aromatic carbocycles. The summed E-state index contributed by atoms with van der Waals surface area (Å²) >= 11 is 21.1. The number of carboxylic acid groups (broad SMARTS) is 1. The van der Waals surface area contributed by atoms with Crippen molar-refractivity contribution in [1.82, 2.24) is 4.57 Å². The van der Waals surface area contributed by atoms with E-state index in [2.05, 4.69) is 15.9 Å². The van der Waals surface area contributed by atoms with Crippen molar-refractivity contribution < 1.29 is 14.3 Å². The average molecular weight is 506 g/mol. The third-order valence-electron chi connectivity index (χ3n) is 4.11. The van der Waals surface area contributed by atoms with E-state index in [-0.39, 0.29) is 26.3 Å². The number of nitrogens with zero attached hydrogens (tertiary/aromatic N) is 1. The largest absolute Gasteiger partial charge is 0.477 e. The van der Waals surface area contributed by atoms with E-state index in [1.807, 2.05) is 0 Å². The lowest BCUT2D eigenvalue weighted by atomic mass is 9.99. The lowest BCUT2D eigenvalue weighted by Gasteiger charge is -2.18. The summed E-state index contributed by atoms with van der Waals surface area (Å²) in [5.41, 5.74) is -0.740. The van der Waals surface area contributed by atoms with Gasteiger partial charge >= 0.3 is 5.97 Å². The van der Waals surface area contributed by atoms with Crippen molar-refractivity contribution in [3.8, 4) is 16.8 Å². The fraction of sp³-hybridized carbons (Fsp3) is 0.0526. The third-order valence-corrected chi connectivity index (χ3v) is 6.06. The van der Waals surface area contributed by atoms with Crippen LogP contribution in [0.15, 0.2) is 45.7 Å². The number of carboxylic acids is 1. The molecule has 0 atom stereocenters. The Balaban J connectivity index is 2.43. The number of carbonyl (C=O) groups is 1. The van der Waals surface area contributed by atoms with Crippen LogP contribution in [0.1, 0.15) is 16.1 Å². The van der Waals surface area contributed by atoms with Crippen LogP contribution in [0.3, 0.4) is 0 Å². The predicted molar refractivity (Wildman–Crippen MR) is 112 cm³/mol. The number of aromatic carboxylic acids is 1. The van der Waals surface area contributed by atoms with E-state index in [1.165, 1.54) is 24.3 Å². The Morgan fingerprint density at radius 3 is 2.36 bits per heavy atom. The van der Waals surface area contributed by atoms with Crippen LogP contribution in [0.4, 0.5) is 4.39 Å². The van der Waals surface area contributed by atoms with Crippen molar-refractivity contribution in [3.05, 3.63) is 83.4 Å². The van der Waals surface area contributed by atoms with Crippen LogP contribution in [0.5, 0.6) is 0 Å². The molecule has 0 amide bonds. The van der Waals surface area contributed by atoms with Crippen molar-refractivity contribution in [2.24, 2.45) is 0 Å². The maximum absolute atomic E-state index is 14.4. The molecular weight excluding hydrogens is 495 g/mol. The standard InChI is InChI=1S/C19H10BrCl3FNO3/c1-8-17(20)15(9-2-4-11(22)12(23)6-9)16(19(27)28)18(26)25(8)14-5-3-10(21)7-13(14)24/h2-7H,1H3,(H,27,28). The summed E-state index contributed by atoms with van der Waals surface area (Å²) in [7, 11) is 0. The lowest BCUT2D eigenvalue weighted by Crippen LogP contribution is -2.29. The van der Waals surface area contributed by atoms with Crippen molar-refractivity contribution in [1.29, 1.82) is 0 Å². The molecule has 1 heterocycles. The Kier molecular flexibility index (Phi) is 5.87. The van der Waals surface area contributed by atoms with Crippen molar-refractivity contribution >= 4 is 56.7 Å².